The van der Waals surface area contributed by atoms with Gasteiger partial charge in [0.1, 0.15) is 0 Å². The van der Waals surface area contributed by atoms with Crippen LogP contribution in [0.3, 0.4) is 0 Å². The highest BCUT2D eigenvalue weighted by molar-refractivity contribution is 5.97. The molecule has 2 saturated heterocycles. The molecule has 4 rings (SSSR count). The molecule has 0 saturated carbocycles. The van der Waals surface area contributed by atoms with Crippen LogP contribution in [0.15, 0.2) is 42.5 Å². The molecule has 1 atom stereocenters. The van der Waals surface area contributed by atoms with Gasteiger partial charge in [-0.1, -0.05) is 48.0 Å². The zero-order chi connectivity index (χ0) is 19.2. The zero-order valence-corrected chi connectivity index (χ0v) is 16.9. The van der Waals surface area contributed by atoms with Gasteiger partial charge in [0.05, 0.1) is 6.04 Å². The summed E-state index contributed by atoms with van der Waals surface area (Å²) < 4.78 is 0. The van der Waals surface area contributed by atoms with E-state index in [-0.39, 0.29) is 17.5 Å². The van der Waals surface area contributed by atoms with Crippen LogP contribution >= 0.6 is 0 Å². The van der Waals surface area contributed by atoms with Crippen LogP contribution in [0.5, 0.6) is 0 Å². The molecule has 1 unspecified atom stereocenters. The van der Waals surface area contributed by atoms with E-state index in [9.17, 15) is 4.79 Å². The Labute approximate surface area is 162 Å². The van der Waals surface area contributed by atoms with Gasteiger partial charge >= 0.3 is 0 Å². The number of aryl methyl sites for hydroxylation is 3. The molecule has 0 radical (unpaired) electrons. The monoisotopic (exact) mass is 362 g/mol. The van der Waals surface area contributed by atoms with Crippen molar-refractivity contribution in [1.82, 2.24) is 10.2 Å². The summed E-state index contributed by atoms with van der Waals surface area (Å²) in [6.07, 6.45) is 4.77. The quantitative estimate of drug-likeness (QED) is 0.854. The molecule has 2 aromatic carbocycles. The van der Waals surface area contributed by atoms with Crippen LogP contribution in [0.2, 0.25) is 0 Å². The Morgan fingerprint density at radius 2 is 1.70 bits per heavy atom. The Morgan fingerprint density at radius 3 is 2.26 bits per heavy atom. The molecule has 142 valence electrons. The lowest BCUT2D eigenvalue weighted by Crippen LogP contribution is -2.51. The van der Waals surface area contributed by atoms with E-state index in [1.165, 1.54) is 24.0 Å². The molecule has 2 heterocycles. The number of hydrogen-bond donors (Lipinski definition) is 1. The van der Waals surface area contributed by atoms with Crippen LogP contribution in [0.4, 0.5) is 0 Å². The van der Waals surface area contributed by atoms with Gasteiger partial charge in [0.25, 0.3) is 5.91 Å². The molecule has 3 nitrogen and oxygen atoms in total. The number of likely N-dealkylation sites (N-methyl/N-ethyl adjacent to an activating group) is 1. The lowest BCUT2D eigenvalue weighted by atomic mass is 9.78. The van der Waals surface area contributed by atoms with Crippen molar-refractivity contribution in [3.63, 3.8) is 0 Å². The molecule has 2 aromatic rings. The van der Waals surface area contributed by atoms with Crippen LogP contribution in [0.1, 0.15) is 64.3 Å². The molecule has 2 aliphatic rings. The fourth-order valence-corrected chi connectivity index (χ4v) is 5.45. The third-order valence-corrected chi connectivity index (χ3v) is 6.97. The number of amides is 1. The number of rotatable bonds is 4. The van der Waals surface area contributed by atoms with E-state index in [1.807, 2.05) is 32.0 Å². The maximum absolute atomic E-state index is 13.4. The average Bonchev–Trinajstić information content (AvgIpc) is 3.12. The van der Waals surface area contributed by atoms with E-state index in [0.29, 0.717) is 6.04 Å². The molecule has 2 bridgehead atoms. The Bertz CT molecular complexity index is 844. The minimum atomic E-state index is 0.0152. The smallest absolute Gasteiger partial charge is 0.252 e. The Hall–Kier alpha value is -2.13. The van der Waals surface area contributed by atoms with Crippen molar-refractivity contribution in [2.45, 2.75) is 64.1 Å². The Kier molecular flexibility index (Phi) is 4.59. The van der Waals surface area contributed by atoms with Crippen molar-refractivity contribution in [2.75, 3.05) is 7.05 Å². The summed E-state index contributed by atoms with van der Waals surface area (Å²) in [6, 6.07) is 15.4. The molecule has 1 N–H and O–H groups in total. The molecule has 2 fully saturated rings. The lowest BCUT2D eigenvalue weighted by Gasteiger charge is -2.41. The standard InChI is InChI=1S/C24H30N2O/c1-16-7-5-10-19(15-16)22(24-13-11-20(12-14-24)26(24)4)25-23(27)21-17(2)8-6-9-18(21)3/h5-10,15,20,22H,11-14H2,1-4H3,(H,25,27). The van der Waals surface area contributed by atoms with E-state index >= 15 is 0 Å². The molecule has 0 aromatic heterocycles. The van der Waals surface area contributed by atoms with Gasteiger partial charge in [-0.2, -0.15) is 0 Å². The number of hydrogen-bond acceptors (Lipinski definition) is 2. The van der Waals surface area contributed by atoms with E-state index in [1.54, 1.807) is 0 Å². The predicted molar refractivity (Wildman–Crippen MR) is 110 cm³/mol. The SMILES string of the molecule is Cc1cccc(C(NC(=O)c2c(C)cccc2C)C23CCC(CC2)N3C)c1. The maximum atomic E-state index is 13.4. The van der Waals surface area contributed by atoms with Crippen molar-refractivity contribution in [3.05, 3.63) is 70.3 Å². The summed E-state index contributed by atoms with van der Waals surface area (Å²) in [5.74, 6) is 0.0511. The van der Waals surface area contributed by atoms with Gasteiger partial charge in [-0.25, -0.2) is 0 Å². The van der Waals surface area contributed by atoms with Crippen LogP contribution in [0.25, 0.3) is 0 Å². The number of carbonyl (C=O) groups excluding carboxylic acids is 1. The number of benzene rings is 2. The summed E-state index contributed by atoms with van der Waals surface area (Å²) in [6.45, 7) is 6.17. The highest BCUT2D eigenvalue weighted by Gasteiger charge is 2.54. The van der Waals surface area contributed by atoms with Crippen LogP contribution in [0, 0.1) is 20.8 Å². The summed E-state index contributed by atoms with van der Waals surface area (Å²) in [4.78, 5) is 15.9. The molecule has 1 amide bonds. The first-order chi connectivity index (χ1) is 12.9. The van der Waals surface area contributed by atoms with Gasteiger partial charge in [-0.3, -0.25) is 9.69 Å². The molecular formula is C24H30N2O. The van der Waals surface area contributed by atoms with E-state index in [0.717, 1.165) is 29.5 Å². The fraction of sp³-hybridized carbons (Fsp3) is 0.458. The largest absolute Gasteiger partial charge is 0.343 e. The Morgan fingerprint density at radius 1 is 1.07 bits per heavy atom. The minimum Gasteiger partial charge on any atom is -0.343 e. The minimum absolute atomic E-state index is 0.0152. The third-order valence-electron chi connectivity index (χ3n) is 6.97. The predicted octanol–water partition coefficient (Wildman–Crippen LogP) is 4.71. The van der Waals surface area contributed by atoms with Crippen LogP contribution < -0.4 is 5.32 Å². The molecule has 0 spiro atoms. The second-order valence-corrected chi connectivity index (χ2v) is 8.53. The summed E-state index contributed by atoms with van der Waals surface area (Å²) in [5, 5.41) is 3.47. The van der Waals surface area contributed by atoms with Gasteiger partial charge in [0, 0.05) is 17.1 Å². The maximum Gasteiger partial charge on any atom is 0.252 e. The van der Waals surface area contributed by atoms with Crippen molar-refractivity contribution < 1.29 is 4.79 Å². The van der Waals surface area contributed by atoms with Crippen molar-refractivity contribution >= 4 is 5.91 Å². The highest BCUT2D eigenvalue weighted by Crippen LogP contribution is 2.51. The van der Waals surface area contributed by atoms with Gasteiger partial charge in [0.15, 0.2) is 0 Å². The lowest BCUT2D eigenvalue weighted by molar-refractivity contribution is 0.0836. The second kappa shape index (κ2) is 6.79. The number of nitrogens with zero attached hydrogens (tertiary/aromatic N) is 1. The number of nitrogens with one attached hydrogen (secondary N) is 1. The van der Waals surface area contributed by atoms with Crippen LogP contribution in [-0.4, -0.2) is 29.4 Å². The van der Waals surface area contributed by atoms with Gasteiger partial charge < -0.3 is 5.32 Å². The molecule has 0 aliphatic carbocycles. The summed E-state index contributed by atoms with van der Waals surface area (Å²) in [7, 11) is 2.25. The average molecular weight is 363 g/mol. The van der Waals surface area contributed by atoms with Crippen molar-refractivity contribution in [2.24, 2.45) is 0 Å². The molecular weight excluding hydrogens is 332 g/mol. The Balaban J connectivity index is 1.74. The topological polar surface area (TPSA) is 32.3 Å². The summed E-state index contributed by atoms with van der Waals surface area (Å²) in [5.41, 5.74) is 5.40. The van der Waals surface area contributed by atoms with E-state index < -0.39 is 0 Å². The van der Waals surface area contributed by atoms with Crippen molar-refractivity contribution in [1.29, 1.82) is 0 Å². The van der Waals surface area contributed by atoms with Gasteiger partial charge in [0.2, 0.25) is 0 Å². The van der Waals surface area contributed by atoms with E-state index in [4.69, 9.17) is 0 Å². The van der Waals surface area contributed by atoms with E-state index in [2.05, 4.69) is 48.5 Å². The van der Waals surface area contributed by atoms with Crippen molar-refractivity contribution in [3.8, 4) is 0 Å². The fourth-order valence-electron chi connectivity index (χ4n) is 5.45. The number of carbonyl (C=O) groups is 1. The zero-order valence-electron chi connectivity index (χ0n) is 16.9. The summed E-state index contributed by atoms with van der Waals surface area (Å²) >= 11 is 0. The molecule has 3 heteroatoms. The third kappa shape index (κ3) is 2.98. The molecule has 2 aliphatic heterocycles. The highest BCUT2D eigenvalue weighted by atomic mass is 16.1. The first-order valence-electron chi connectivity index (χ1n) is 10.1. The first kappa shape index (κ1) is 18.2. The van der Waals surface area contributed by atoms with Gasteiger partial charge in [-0.05, 0) is 70.2 Å². The molecule has 27 heavy (non-hydrogen) atoms. The van der Waals surface area contributed by atoms with Gasteiger partial charge in [-0.15, -0.1) is 0 Å². The second-order valence-electron chi connectivity index (χ2n) is 8.53. The first-order valence-corrected chi connectivity index (χ1v) is 10.1. The number of fused-ring (bicyclic) bond motifs is 2. The van der Waals surface area contributed by atoms with Crippen LogP contribution in [-0.2, 0) is 0 Å². The normalized spacial score (nSPS) is 25.6.